The number of piperazine rings is 1. The minimum atomic E-state index is -4.95. The minimum Gasteiger partial charge on any atom is -0.404 e. The number of nitrogens with zero attached hydrogens (tertiary/aromatic N) is 3. The zero-order valence-electron chi connectivity index (χ0n) is 19.1. The summed E-state index contributed by atoms with van der Waals surface area (Å²) in [6.45, 7) is 0.999. The number of carbonyl (C=O) groups excluding carboxylic acids is 1. The van der Waals surface area contributed by atoms with Crippen LogP contribution in [-0.2, 0) is 6.18 Å². The molecule has 37 heavy (non-hydrogen) atoms. The topological polar surface area (TPSA) is 45.7 Å². The Morgan fingerprint density at radius 2 is 1.62 bits per heavy atom. The van der Waals surface area contributed by atoms with Crippen LogP contribution in [0.3, 0.4) is 0 Å². The number of rotatable bonds is 3. The molecular weight excluding hydrogens is 500 g/mol. The standard InChI is InChI=1S/C26H19F6N3O2/c27-25(28,29)20-4-3-6-22(17-20)34-12-14-35(15-13-34)24(36)19-8-10-23(37-26(30,31)32)18(16-19)7-9-21-5-1-2-11-33-21/h1-6,8,10-11,16-17H,12-15H2. The molecule has 4 rings (SSSR count). The summed E-state index contributed by atoms with van der Waals surface area (Å²) in [7, 11) is 0. The first-order valence-electron chi connectivity index (χ1n) is 11.0. The Hall–Kier alpha value is -4.20. The van der Waals surface area contributed by atoms with Crippen LogP contribution < -0.4 is 9.64 Å². The molecule has 1 aliphatic heterocycles. The Balaban J connectivity index is 1.51. The highest BCUT2D eigenvalue weighted by Crippen LogP contribution is 2.32. The van der Waals surface area contributed by atoms with Gasteiger partial charge in [0, 0.05) is 43.6 Å². The zero-order chi connectivity index (χ0) is 26.6. The van der Waals surface area contributed by atoms with Crippen molar-refractivity contribution in [3.8, 4) is 17.6 Å². The molecule has 0 atom stereocenters. The van der Waals surface area contributed by atoms with Gasteiger partial charge in [-0.3, -0.25) is 4.79 Å². The summed E-state index contributed by atoms with van der Waals surface area (Å²) in [6.07, 6.45) is -7.93. The van der Waals surface area contributed by atoms with Gasteiger partial charge in [-0.05, 0) is 54.5 Å². The molecule has 0 bridgehead atoms. The average Bonchev–Trinajstić information content (AvgIpc) is 2.87. The van der Waals surface area contributed by atoms with Gasteiger partial charge in [0.2, 0.25) is 0 Å². The molecule has 1 fully saturated rings. The second-order valence-corrected chi connectivity index (χ2v) is 8.05. The highest BCUT2D eigenvalue weighted by Gasteiger charge is 2.33. The summed E-state index contributed by atoms with van der Waals surface area (Å²) < 4.78 is 81.8. The summed E-state index contributed by atoms with van der Waals surface area (Å²) >= 11 is 0. The van der Waals surface area contributed by atoms with E-state index in [-0.39, 0.29) is 37.3 Å². The second-order valence-electron chi connectivity index (χ2n) is 8.05. The molecule has 1 saturated heterocycles. The van der Waals surface area contributed by atoms with E-state index in [0.717, 1.165) is 18.2 Å². The maximum atomic E-state index is 13.1. The van der Waals surface area contributed by atoms with Crippen molar-refractivity contribution >= 4 is 11.6 Å². The largest absolute Gasteiger partial charge is 0.573 e. The third kappa shape index (κ3) is 6.73. The smallest absolute Gasteiger partial charge is 0.404 e. The molecule has 0 radical (unpaired) electrons. The predicted molar refractivity (Wildman–Crippen MR) is 123 cm³/mol. The molecule has 192 valence electrons. The number of halogens is 6. The fourth-order valence-corrected chi connectivity index (χ4v) is 3.77. The first-order chi connectivity index (χ1) is 17.5. The van der Waals surface area contributed by atoms with E-state index in [4.69, 9.17) is 0 Å². The molecular formula is C26H19F6N3O2. The Bertz CT molecular complexity index is 1320. The molecule has 0 N–H and O–H groups in total. The van der Waals surface area contributed by atoms with E-state index >= 15 is 0 Å². The first kappa shape index (κ1) is 25.9. The van der Waals surface area contributed by atoms with Gasteiger partial charge in [-0.25, -0.2) is 4.98 Å². The number of ether oxygens (including phenoxy) is 1. The Morgan fingerprint density at radius 3 is 2.27 bits per heavy atom. The van der Waals surface area contributed by atoms with Crippen molar-refractivity contribution in [2.75, 3.05) is 31.1 Å². The number of amides is 1. The molecule has 2 heterocycles. The van der Waals surface area contributed by atoms with Gasteiger partial charge in [-0.15, -0.1) is 13.2 Å². The van der Waals surface area contributed by atoms with E-state index in [1.807, 2.05) is 0 Å². The third-order valence-corrected chi connectivity index (χ3v) is 5.55. The molecule has 1 aromatic heterocycles. The number of anilines is 1. The normalized spacial score (nSPS) is 14.1. The molecule has 0 saturated carbocycles. The summed E-state index contributed by atoms with van der Waals surface area (Å²) in [6, 6.07) is 13.3. The fourth-order valence-electron chi connectivity index (χ4n) is 3.77. The van der Waals surface area contributed by atoms with Crippen LogP contribution in [0, 0.1) is 11.8 Å². The van der Waals surface area contributed by atoms with Gasteiger partial charge < -0.3 is 14.5 Å². The van der Waals surface area contributed by atoms with Crippen molar-refractivity contribution in [2.24, 2.45) is 0 Å². The molecule has 1 aliphatic rings. The van der Waals surface area contributed by atoms with Gasteiger partial charge in [-0.2, -0.15) is 13.2 Å². The summed E-state index contributed by atoms with van der Waals surface area (Å²) in [5, 5.41) is 0. The molecule has 2 aromatic carbocycles. The monoisotopic (exact) mass is 519 g/mol. The van der Waals surface area contributed by atoms with Crippen LogP contribution in [0.4, 0.5) is 32.0 Å². The van der Waals surface area contributed by atoms with Crippen LogP contribution in [0.15, 0.2) is 66.9 Å². The van der Waals surface area contributed by atoms with Crippen molar-refractivity contribution in [3.63, 3.8) is 0 Å². The minimum absolute atomic E-state index is 0.104. The lowest BCUT2D eigenvalue weighted by atomic mass is 10.1. The number of hydrogen-bond acceptors (Lipinski definition) is 4. The van der Waals surface area contributed by atoms with Crippen molar-refractivity contribution in [2.45, 2.75) is 12.5 Å². The van der Waals surface area contributed by atoms with Crippen LogP contribution in [0.1, 0.15) is 27.2 Å². The van der Waals surface area contributed by atoms with Crippen molar-refractivity contribution in [1.82, 2.24) is 9.88 Å². The lowest BCUT2D eigenvalue weighted by Crippen LogP contribution is -2.48. The van der Waals surface area contributed by atoms with E-state index in [0.29, 0.717) is 11.4 Å². The van der Waals surface area contributed by atoms with E-state index < -0.39 is 29.8 Å². The summed E-state index contributed by atoms with van der Waals surface area (Å²) in [5.41, 5.74) is -0.0848. The highest BCUT2D eigenvalue weighted by atomic mass is 19.4. The van der Waals surface area contributed by atoms with Crippen molar-refractivity contribution in [1.29, 1.82) is 0 Å². The van der Waals surface area contributed by atoms with Gasteiger partial charge in [-0.1, -0.05) is 18.1 Å². The molecule has 0 unspecified atom stereocenters. The van der Waals surface area contributed by atoms with Crippen molar-refractivity contribution in [3.05, 3.63) is 89.2 Å². The maximum absolute atomic E-state index is 13.1. The van der Waals surface area contributed by atoms with Gasteiger partial charge in [0.05, 0.1) is 11.1 Å². The van der Waals surface area contributed by atoms with Crippen LogP contribution in [0.5, 0.6) is 5.75 Å². The average molecular weight is 519 g/mol. The summed E-state index contributed by atoms with van der Waals surface area (Å²) in [4.78, 5) is 20.3. The molecule has 1 amide bonds. The SMILES string of the molecule is O=C(c1ccc(OC(F)(F)F)c(C#Cc2ccccn2)c1)N1CCN(c2cccc(C(F)(F)F)c2)CC1. The highest BCUT2D eigenvalue weighted by molar-refractivity contribution is 5.95. The first-order valence-corrected chi connectivity index (χ1v) is 11.0. The lowest BCUT2D eigenvalue weighted by Gasteiger charge is -2.36. The number of benzene rings is 2. The number of carbonyl (C=O) groups is 1. The van der Waals surface area contributed by atoms with Gasteiger partial charge in [0.25, 0.3) is 5.91 Å². The van der Waals surface area contributed by atoms with E-state index in [1.54, 1.807) is 29.2 Å². The Morgan fingerprint density at radius 1 is 0.865 bits per heavy atom. The molecule has 3 aromatic rings. The molecule has 5 nitrogen and oxygen atoms in total. The quantitative estimate of drug-likeness (QED) is 0.345. The summed E-state index contributed by atoms with van der Waals surface area (Å²) in [5.74, 6) is 4.24. The van der Waals surface area contributed by atoms with E-state index in [2.05, 4.69) is 21.6 Å². The number of aromatic nitrogens is 1. The molecule has 0 spiro atoms. The molecule has 0 aliphatic carbocycles. The third-order valence-electron chi connectivity index (χ3n) is 5.55. The van der Waals surface area contributed by atoms with Gasteiger partial charge in [0.1, 0.15) is 11.4 Å². The van der Waals surface area contributed by atoms with E-state index in [9.17, 15) is 31.1 Å². The van der Waals surface area contributed by atoms with Gasteiger partial charge >= 0.3 is 12.5 Å². The Labute approximate surface area is 208 Å². The molecule has 11 heteroatoms. The number of pyridine rings is 1. The number of hydrogen-bond donors (Lipinski definition) is 0. The van der Waals surface area contributed by atoms with Crippen LogP contribution in [-0.4, -0.2) is 48.3 Å². The number of alkyl halides is 6. The van der Waals surface area contributed by atoms with Crippen LogP contribution in [0.25, 0.3) is 0 Å². The zero-order valence-corrected chi connectivity index (χ0v) is 19.1. The van der Waals surface area contributed by atoms with Crippen molar-refractivity contribution < 1.29 is 35.9 Å². The van der Waals surface area contributed by atoms with Gasteiger partial charge in [0.15, 0.2) is 0 Å². The van der Waals surface area contributed by atoms with E-state index in [1.165, 1.54) is 29.3 Å². The van der Waals surface area contributed by atoms with Crippen LogP contribution in [0.2, 0.25) is 0 Å². The Kier molecular flexibility index (Phi) is 7.29. The second kappa shape index (κ2) is 10.4. The fraction of sp³-hybridized carbons (Fsp3) is 0.231. The lowest BCUT2D eigenvalue weighted by molar-refractivity contribution is -0.274. The predicted octanol–water partition coefficient (Wildman–Crippen LogP) is 5.36. The maximum Gasteiger partial charge on any atom is 0.573 e. The van der Waals surface area contributed by atoms with Crippen LogP contribution >= 0.6 is 0 Å².